The summed E-state index contributed by atoms with van der Waals surface area (Å²) < 4.78 is 28.0. The molecule has 0 saturated carbocycles. The Morgan fingerprint density at radius 1 is 1.42 bits per heavy atom. The fourth-order valence-corrected chi connectivity index (χ4v) is 2.95. The molecule has 8 heteroatoms. The van der Waals surface area contributed by atoms with E-state index in [1.807, 2.05) is 0 Å². The topological polar surface area (TPSA) is 59.3 Å². The largest absolute Gasteiger partial charge is 0.348 e. The van der Waals surface area contributed by atoms with Crippen LogP contribution in [0.5, 0.6) is 0 Å². The molecule has 0 aliphatic carbocycles. The predicted molar refractivity (Wildman–Crippen MR) is 88.0 cm³/mol. The van der Waals surface area contributed by atoms with E-state index >= 15 is 0 Å². The minimum absolute atomic E-state index is 0.0199. The molecular weight excluding hydrogens is 382 g/mol. The third-order valence-corrected chi connectivity index (χ3v) is 4.34. The molecule has 24 heavy (non-hydrogen) atoms. The SMILES string of the molecule is Cc1c(CNC(=O)c2cc(Br)c3ncnn3c2)cccc1C(F)F. The Morgan fingerprint density at radius 2 is 2.21 bits per heavy atom. The molecule has 0 saturated heterocycles. The van der Waals surface area contributed by atoms with Crippen molar-refractivity contribution in [3.05, 3.63) is 63.5 Å². The summed E-state index contributed by atoms with van der Waals surface area (Å²) in [5, 5.41) is 6.74. The Morgan fingerprint density at radius 3 is 2.96 bits per heavy atom. The van der Waals surface area contributed by atoms with Gasteiger partial charge in [0.2, 0.25) is 0 Å². The highest BCUT2D eigenvalue weighted by molar-refractivity contribution is 9.10. The van der Waals surface area contributed by atoms with E-state index in [4.69, 9.17) is 0 Å². The summed E-state index contributed by atoms with van der Waals surface area (Å²) in [7, 11) is 0. The third-order valence-electron chi connectivity index (χ3n) is 3.75. The second kappa shape index (κ2) is 6.64. The first-order chi connectivity index (χ1) is 11.5. The van der Waals surface area contributed by atoms with Gasteiger partial charge in [-0.2, -0.15) is 5.10 Å². The molecule has 1 N–H and O–H groups in total. The molecule has 1 aromatic carbocycles. The second-order valence-corrected chi connectivity index (χ2v) is 6.07. The molecule has 2 heterocycles. The number of halogens is 3. The number of fused-ring (bicyclic) bond motifs is 1. The van der Waals surface area contributed by atoms with E-state index in [1.54, 1.807) is 31.3 Å². The normalized spacial score (nSPS) is 11.2. The van der Waals surface area contributed by atoms with Crippen LogP contribution in [0.2, 0.25) is 0 Å². The summed E-state index contributed by atoms with van der Waals surface area (Å²) in [6.45, 7) is 1.79. The lowest BCUT2D eigenvalue weighted by Crippen LogP contribution is -2.24. The molecule has 3 rings (SSSR count). The minimum Gasteiger partial charge on any atom is -0.348 e. The van der Waals surface area contributed by atoms with Crippen molar-refractivity contribution in [3.63, 3.8) is 0 Å². The first-order valence-electron chi connectivity index (χ1n) is 7.11. The van der Waals surface area contributed by atoms with Crippen LogP contribution in [0, 0.1) is 6.92 Å². The molecule has 0 aliphatic heterocycles. The maximum absolute atomic E-state index is 12.9. The molecule has 0 unspecified atom stereocenters. The molecule has 0 radical (unpaired) electrons. The maximum atomic E-state index is 12.9. The van der Waals surface area contributed by atoms with Crippen LogP contribution in [0.1, 0.15) is 33.5 Å². The molecule has 0 aliphatic rings. The molecule has 0 atom stereocenters. The van der Waals surface area contributed by atoms with Crippen LogP contribution in [0.4, 0.5) is 8.78 Å². The van der Waals surface area contributed by atoms with Crippen LogP contribution < -0.4 is 5.32 Å². The van der Waals surface area contributed by atoms with Gasteiger partial charge in [0, 0.05) is 18.3 Å². The summed E-state index contributed by atoms with van der Waals surface area (Å²) in [6, 6.07) is 6.31. The number of rotatable bonds is 4. The zero-order valence-electron chi connectivity index (χ0n) is 12.6. The molecule has 0 fully saturated rings. The lowest BCUT2D eigenvalue weighted by Gasteiger charge is -2.12. The van der Waals surface area contributed by atoms with Gasteiger partial charge >= 0.3 is 0 Å². The first kappa shape index (κ1) is 16.5. The zero-order valence-corrected chi connectivity index (χ0v) is 14.2. The highest BCUT2D eigenvalue weighted by Gasteiger charge is 2.14. The van der Waals surface area contributed by atoms with Gasteiger partial charge in [0.15, 0.2) is 5.65 Å². The highest BCUT2D eigenvalue weighted by Crippen LogP contribution is 2.24. The van der Waals surface area contributed by atoms with E-state index in [2.05, 4.69) is 31.3 Å². The Balaban J connectivity index is 1.79. The van der Waals surface area contributed by atoms with Crippen LogP contribution in [0.25, 0.3) is 5.65 Å². The zero-order chi connectivity index (χ0) is 17.3. The van der Waals surface area contributed by atoms with Gasteiger partial charge in [-0.1, -0.05) is 18.2 Å². The quantitative estimate of drug-likeness (QED) is 0.734. The molecular formula is C16H13BrF2N4O. The Labute approximate surface area is 144 Å². The van der Waals surface area contributed by atoms with Gasteiger partial charge in [0.25, 0.3) is 12.3 Å². The van der Waals surface area contributed by atoms with Crippen LogP contribution >= 0.6 is 15.9 Å². The fourth-order valence-electron chi connectivity index (χ4n) is 2.42. The van der Waals surface area contributed by atoms with Gasteiger partial charge in [-0.05, 0) is 40.0 Å². The number of hydrogen-bond donors (Lipinski definition) is 1. The van der Waals surface area contributed by atoms with Gasteiger partial charge in [-0.15, -0.1) is 0 Å². The summed E-state index contributed by atoms with van der Waals surface area (Å²) in [6.07, 6.45) is 0.414. The maximum Gasteiger partial charge on any atom is 0.264 e. The van der Waals surface area contributed by atoms with Gasteiger partial charge in [0.05, 0.1) is 10.0 Å². The van der Waals surface area contributed by atoms with Gasteiger partial charge in [0.1, 0.15) is 6.33 Å². The van der Waals surface area contributed by atoms with E-state index in [-0.39, 0.29) is 18.0 Å². The van der Waals surface area contributed by atoms with Crippen molar-refractivity contribution in [2.45, 2.75) is 19.9 Å². The van der Waals surface area contributed by atoms with E-state index in [1.165, 1.54) is 16.9 Å². The van der Waals surface area contributed by atoms with Crippen molar-refractivity contribution in [2.24, 2.45) is 0 Å². The number of carbonyl (C=O) groups is 1. The van der Waals surface area contributed by atoms with E-state index in [0.717, 1.165) is 0 Å². The number of aromatic nitrogens is 3. The summed E-state index contributed by atoms with van der Waals surface area (Å²) >= 11 is 3.34. The minimum atomic E-state index is -2.54. The first-order valence-corrected chi connectivity index (χ1v) is 7.90. The number of benzene rings is 1. The van der Waals surface area contributed by atoms with Crippen LogP contribution in [0.15, 0.2) is 41.3 Å². The molecule has 124 valence electrons. The Kier molecular flexibility index (Phi) is 4.57. The number of alkyl halides is 2. The van der Waals surface area contributed by atoms with Crippen molar-refractivity contribution in [3.8, 4) is 0 Å². The van der Waals surface area contributed by atoms with Crippen LogP contribution in [-0.4, -0.2) is 20.5 Å². The van der Waals surface area contributed by atoms with Crippen molar-refractivity contribution < 1.29 is 13.6 Å². The highest BCUT2D eigenvalue weighted by atomic mass is 79.9. The van der Waals surface area contributed by atoms with Crippen molar-refractivity contribution in [2.75, 3.05) is 0 Å². The number of hydrogen-bond acceptors (Lipinski definition) is 3. The molecule has 5 nitrogen and oxygen atoms in total. The molecule has 0 spiro atoms. The average molecular weight is 395 g/mol. The van der Waals surface area contributed by atoms with Crippen molar-refractivity contribution in [1.29, 1.82) is 0 Å². The van der Waals surface area contributed by atoms with E-state index in [9.17, 15) is 13.6 Å². The second-order valence-electron chi connectivity index (χ2n) is 5.22. The monoisotopic (exact) mass is 394 g/mol. The van der Waals surface area contributed by atoms with Crippen LogP contribution in [0.3, 0.4) is 0 Å². The van der Waals surface area contributed by atoms with Crippen LogP contribution in [-0.2, 0) is 6.54 Å². The fraction of sp³-hybridized carbons (Fsp3) is 0.188. The standard InChI is InChI=1S/C16H13BrF2N4O/c1-9-10(3-2-4-12(9)14(18)19)6-20-16(24)11-5-13(17)15-21-8-22-23(15)7-11/h2-5,7-8,14H,6H2,1H3,(H,20,24). The summed E-state index contributed by atoms with van der Waals surface area (Å²) in [4.78, 5) is 16.4. The Bertz CT molecular complexity index is 910. The number of pyridine rings is 1. The number of amides is 1. The lowest BCUT2D eigenvalue weighted by atomic mass is 10.0. The van der Waals surface area contributed by atoms with Crippen molar-refractivity contribution in [1.82, 2.24) is 19.9 Å². The Hall–Kier alpha value is -2.35. The van der Waals surface area contributed by atoms with Gasteiger partial charge < -0.3 is 5.32 Å². The lowest BCUT2D eigenvalue weighted by molar-refractivity contribution is 0.0950. The molecule has 3 aromatic rings. The van der Waals surface area contributed by atoms with Crippen molar-refractivity contribution >= 4 is 27.5 Å². The molecule has 0 bridgehead atoms. The predicted octanol–water partition coefficient (Wildman–Crippen LogP) is 3.67. The van der Waals surface area contributed by atoms with E-state index in [0.29, 0.717) is 26.8 Å². The number of nitrogens with one attached hydrogen (secondary N) is 1. The average Bonchev–Trinajstić information content (AvgIpc) is 3.02. The smallest absolute Gasteiger partial charge is 0.264 e. The number of carbonyl (C=O) groups excluding carboxylic acids is 1. The van der Waals surface area contributed by atoms with E-state index < -0.39 is 6.43 Å². The summed E-state index contributed by atoms with van der Waals surface area (Å²) in [5.74, 6) is -0.324. The molecule has 1 amide bonds. The van der Waals surface area contributed by atoms with Gasteiger partial charge in [-0.3, -0.25) is 4.79 Å². The summed E-state index contributed by atoms with van der Waals surface area (Å²) in [5.41, 5.74) is 2.12. The molecule has 2 aromatic heterocycles. The van der Waals surface area contributed by atoms with Gasteiger partial charge in [-0.25, -0.2) is 18.3 Å². The number of nitrogens with zero attached hydrogens (tertiary/aromatic N) is 3. The third kappa shape index (κ3) is 3.14.